The van der Waals surface area contributed by atoms with E-state index in [1.165, 1.54) is 0 Å². The van der Waals surface area contributed by atoms with Gasteiger partial charge in [-0.15, -0.1) is 24.0 Å². The van der Waals surface area contributed by atoms with Crippen molar-refractivity contribution >= 4 is 29.9 Å². The molecular weight excluding hydrogens is 443 g/mol. The van der Waals surface area contributed by atoms with Crippen LogP contribution in [0.1, 0.15) is 66.6 Å². The van der Waals surface area contributed by atoms with Crippen LogP contribution in [0.15, 0.2) is 9.52 Å². The molecule has 0 spiro atoms. The fourth-order valence-corrected chi connectivity index (χ4v) is 2.59. The van der Waals surface area contributed by atoms with Crippen molar-refractivity contribution in [2.24, 2.45) is 4.99 Å². The molecule has 152 valence electrons. The van der Waals surface area contributed by atoms with Crippen LogP contribution >= 0.6 is 24.0 Å². The van der Waals surface area contributed by atoms with E-state index in [9.17, 15) is 0 Å². The maximum absolute atomic E-state index is 5.30. The third-order valence-corrected chi connectivity index (χ3v) is 3.96. The summed E-state index contributed by atoms with van der Waals surface area (Å²) in [6.07, 6.45) is 1.06. The maximum Gasteiger partial charge on any atom is 0.232 e. The van der Waals surface area contributed by atoms with Gasteiger partial charge in [0, 0.05) is 37.6 Å². The fourth-order valence-electron chi connectivity index (χ4n) is 2.59. The minimum atomic E-state index is -0.135. The van der Waals surface area contributed by atoms with Crippen molar-refractivity contribution in [3.05, 3.63) is 11.7 Å². The molecule has 26 heavy (non-hydrogen) atoms. The average molecular weight is 480 g/mol. The molecule has 0 amide bonds. The Balaban J connectivity index is 0.00000625. The molecule has 0 atom stereocenters. The first-order valence-electron chi connectivity index (χ1n) is 9.18. The second-order valence-electron chi connectivity index (χ2n) is 7.90. The minimum Gasteiger partial charge on any atom is -0.356 e. The van der Waals surface area contributed by atoms with E-state index < -0.39 is 0 Å². The molecule has 0 aromatic carbocycles. The highest BCUT2D eigenvalue weighted by Crippen LogP contribution is 2.19. The second-order valence-corrected chi connectivity index (χ2v) is 7.90. The highest BCUT2D eigenvalue weighted by Gasteiger charge is 2.21. The normalized spacial score (nSPS) is 12.7. The molecule has 0 saturated carbocycles. The summed E-state index contributed by atoms with van der Waals surface area (Å²) in [6.45, 7) is 17.5. The maximum atomic E-state index is 5.30. The van der Waals surface area contributed by atoms with Gasteiger partial charge in [0.2, 0.25) is 5.89 Å². The SMILES string of the molecule is CN=C(NCCCN(C(C)C)C(C)C)NCc1noc(C(C)(C)C)n1.I. The summed E-state index contributed by atoms with van der Waals surface area (Å²) >= 11 is 0. The van der Waals surface area contributed by atoms with Crippen molar-refractivity contribution in [2.45, 2.75) is 78.9 Å². The van der Waals surface area contributed by atoms with Gasteiger partial charge in [-0.25, -0.2) is 0 Å². The molecule has 1 heterocycles. The van der Waals surface area contributed by atoms with E-state index in [-0.39, 0.29) is 29.4 Å². The van der Waals surface area contributed by atoms with Crippen molar-refractivity contribution in [1.29, 1.82) is 0 Å². The Kier molecular flexibility index (Phi) is 11.3. The summed E-state index contributed by atoms with van der Waals surface area (Å²) < 4.78 is 5.30. The zero-order chi connectivity index (χ0) is 19.0. The number of hydrogen-bond donors (Lipinski definition) is 2. The lowest BCUT2D eigenvalue weighted by molar-refractivity contribution is 0.173. The van der Waals surface area contributed by atoms with E-state index >= 15 is 0 Å². The van der Waals surface area contributed by atoms with Gasteiger partial charge in [-0.1, -0.05) is 25.9 Å². The topological polar surface area (TPSA) is 78.6 Å². The van der Waals surface area contributed by atoms with Crippen LogP contribution in [0.4, 0.5) is 0 Å². The number of aliphatic imine (C=N–C) groups is 1. The van der Waals surface area contributed by atoms with E-state index in [2.05, 4.69) is 79.1 Å². The van der Waals surface area contributed by atoms with Crippen LogP contribution in [-0.4, -0.2) is 53.2 Å². The van der Waals surface area contributed by atoms with E-state index in [0.717, 1.165) is 25.5 Å². The van der Waals surface area contributed by atoms with Crippen LogP contribution in [0.5, 0.6) is 0 Å². The Morgan fingerprint density at radius 2 is 1.77 bits per heavy atom. The second kappa shape index (κ2) is 11.7. The van der Waals surface area contributed by atoms with Crippen molar-refractivity contribution < 1.29 is 4.52 Å². The lowest BCUT2D eigenvalue weighted by Gasteiger charge is -2.30. The summed E-state index contributed by atoms with van der Waals surface area (Å²) in [7, 11) is 1.76. The van der Waals surface area contributed by atoms with E-state index in [0.29, 0.717) is 30.3 Å². The molecule has 2 N–H and O–H groups in total. The first-order chi connectivity index (χ1) is 11.6. The van der Waals surface area contributed by atoms with Crippen LogP contribution in [0, 0.1) is 0 Å². The Morgan fingerprint density at radius 1 is 1.15 bits per heavy atom. The summed E-state index contributed by atoms with van der Waals surface area (Å²) in [5, 5.41) is 10.6. The third kappa shape index (κ3) is 8.66. The van der Waals surface area contributed by atoms with Crippen molar-refractivity contribution in [3.63, 3.8) is 0 Å². The van der Waals surface area contributed by atoms with Crippen molar-refractivity contribution in [1.82, 2.24) is 25.7 Å². The van der Waals surface area contributed by atoms with Gasteiger partial charge in [-0.3, -0.25) is 9.89 Å². The van der Waals surface area contributed by atoms with Crippen LogP contribution in [0.3, 0.4) is 0 Å². The third-order valence-electron chi connectivity index (χ3n) is 3.96. The fraction of sp³-hybridized carbons (Fsp3) is 0.833. The Morgan fingerprint density at radius 3 is 2.23 bits per heavy atom. The van der Waals surface area contributed by atoms with Gasteiger partial charge in [-0.2, -0.15) is 4.98 Å². The van der Waals surface area contributed by atoms with Gasteiger partial charge in [0.25, 0.3) is 0 Å². The molecule has 0 fully saturated rings. The van der Waals surface area contributed by atoms with Gasteiger partial charge in [0.1, 0.15) is 0 Å². The predicted molar refractivity (Wildman–Crippen MR) is 118 cm³/mol. The Labute approximate surface area is 175 Å². The van der Waals surface area contributed by atoms with Crippen molar-refractivity contribution in [3.8, 4) is 0 Å². The van der Waals surface area contributed by atoms with Crippen LogP contribution in [-0.2, 0) is 12.0 Å². The zero-order valence-corrected chi connectivity index (χ0v) is 19.9. The first-order valence-corrected chi connectivity index (χ1v) is 9.18. The molecule has 8 heteroatoms. The van der Waals surface area contributed by atoms with Crippen molar-refractivity contribution in [2.75, 3.05) is 20.1 Å². The lowest BCUT2D eigenvalue weighted by atomic mass is 9.97. The zero-order valence-electron chi connectivity index (χ0n) is 17.6. The number of guanidine groups is 1. The van der Waals surface area contributed by atoms with E-state index in [1.54, 1.807) is 7.05 Å². The molecule has 0 saturated heterocycles. The molecule has 1 aromatic rings. The number of rotatable bonds is 8. The summed E-state index contributed by atoms with van der Waals surface area (Å²) in [6, 6.07) is 1.13. The quantitative estimate of drug-likeness (QED) is 0.258. The molecule has 7 nitrogen and oxygen atoms in total. The average Bonchev–Trinajstić information content (AvgIpc) is 2.98. The Hall–Kier alpha value is -0.900. The molecule has 1 aromatic heterocycles. The molecule has 1 rings (SSSR count). The van der Waals surface area contributed by atoms with Gasteiger partial charge in [-0.05, 0) is 34.1 Å². The van der Waals surface area contributed by atoms with Gasteiger partial charge >= 0.3 is 0 Å². The molecule has 0 radical (unpaired) electrons. The summed E-state index contributed by atoms with van der Waals surface area (Å²) in [5.41, 5.74) is -0.135. The van der Waals surface area contributed by atoms with Gasteiger partial charge < -0.3 is 15.2 Å². The number of aromatic nitrogens is 2. The highest BCUT2D eigenvalue weighted by atomic mass is 127. The molecule has 0 aliphatic heterocycles. The molecule has 0 aliphatic carbocycles. The number of hydrogen-bond acceptors (Lipinski definition) is 5. The van der Waals surface area contributed by atoms with Crippen LogP contribution in [0.25, 0.3) is 0 Å². The Bertz CT molecular complexity index is 528. The molecule has 0 bridgehead atoms. The number of halogens is 1. The number of nitrogens with zero attached hydrogens (tertiary/aromatic N) is 4. The van der Waals surface area contributed by atoms with Crippen LogP contribution < -0.4 is 10.6 Å². The monoisotopic (exact) mass is 480 g/mol. The highest BCUT2D eigenvalue weighted by molar-refractivity contribution is 14.0. The van der Waals surface area contributed by atoms with Gasteiger partial charge in [0.15, 0.2) is 11.8 Å². The molecule has 0 aliphatic rings. The van der Waals surface area contributed by atoms with E-state index in [1.807, 2.05) is 0 Å². The molecule has 0 unspecified atom stereocenters. The van der Waals surface area contributed by atoms with Gasteiger partial charge in [0.05, 0.1) is 6.54 Å². The summed E-state index contributed by atoms with van der Waals surface area (Å²) in [5.74, 6) is 2.04. The largest absolute Gasteiger partial charge is 0.356 e. The molecular formula is C18H37IN6O. The van der Waals surface area contributed by atoms with E-state index in [4.69, 9.17) is 4.52 Å². The van der Waals surface area contributed by atoms with Crippen LogP contribution in [0.2, 0.25) is 0 Å². The first kappa shape index (κ1) is 25.1. The minimum absolute atomic E-state index is 0. The smallest absolute Gasteiger partial charge is 0.232 e. The number of nitrogens with one attached hydrogen (secondary N) is 2. The lowest BCUT2D eigenvalue weighted by Crippen LogP contribution is -2.41. The predicted octanol–water partition coefficient (Wildman–Crippen LogP) is 3.16. The standard InChI is InChI=1S/C18H36N6O.HI/c1-13(2)24(14(3)4)11-9-10-20-17(19-8)21-12-15-22-16(25-23-15)18(5,6)7;/h13-14H,9-12H2,1-8H3,(H2,19,20,21);1H. The summed E-state index contributed by atoms with van der Waals surface area (Å²) in [4.78, 5) is 11.1.